The molecule has 0 unspecified atom stereocenters. The molecule has 0 radical (unpaired) electrons. The smallest absolute Gasteiger partial charge is 0.347 e. The Morgan fingerprint density at radius 1 is 1.15 bits per heavy atom. The van der Waals surface area contributed by atoms with E-state index < -0.39 is 17.3 Å². The Balaban J connectivity index is 2.19. The number of rotatable bonds is 4. The lowest BCUT2D eigenvalue weighted by Gasteiger charge is -2.02. The van der Waals surface area contributed by atoms with E-state index in [0.717, 1.165) is 11.6 Å². The van der Waals surface area contributed by atoms with Gasteiger partial charge in [-0.05, 0) is 23.8 Å². The van der Waals surface area contributed by atoms with Crippen molar-refractivity contribution in [3.8, 4) is 0 Å². The minimum atomic E-state index is -1.38. The topological polar surface area (TPSA) is 72.8 Å². The van der Waals surface area contributed by atoms with Crippen LogP contribution in [0.1, 0.15) is 5.56 Å². The summed E-state index contributed by atoms with van der Waals surface area (Å²) in [6.07, 6.45) is 2.65. The summed E-state index contributed by atoms with van der Waals surface area (Å²) < 4.78 is 9.94. The SMILES string of the molecule is O=C(O)C(C(=O)/C=C/c1ccc(Cl)cc1)=C1OCCO1. The van der Waals surface area contributed by atoms with Gasteiger partial charge in [-0.3, -0.25) is 4.79 Å². The maximum absolute atomic E-state index is 11.9. The van der Waals surface area contributed by atoms with Gasteiger partial charge >= 0.3 is 5.97 Å². The first-order valence-corrected chi connectivity index (χ1v) is 6.17. The van der Waals surface area contributed by atoms with E-state index in [1.807, 2.05) is 0 Å². The van der Waals surface area contributed by atoms with Crippen LogP contribution in [0.3, 0.4) is 0 Å². The third-order valence-electron chi connectivity index (χ3n) is 2.51. The number of carbonyl (C=O) groups excluding carboxylic acids is 1. The zero-order chi connectivity index (χ0) is 14.5. The van der Waals surface area contributed by atoms with Gasteiger partial charge in [-0.1, -0.05) is 29.8 Å². The molecule has 1 aromatic rings. The molecule has 1 aliphatic rings. The van der Waals surface area contributed by atoms with Gasteiger partial charge in [0, 0.05) is 5.02 Å². The highest BCUT2D eigenvalue weighted by molar-refractivity contribution is 6.30. The molecule has 5 nitrogen and oxygen atoms in total. The Bertz CT molecular complexity index is 578. The van der Waals surface area contributed by atoms with Crippen LogP contribution in [0.15, 0.2) is 41.9 Å². The minimum Gasteiger partial charge on any atom is -0.477 e. The van der Waals surface area contributed by atoms with Gasteiger partial charge in [0.25, 0.3) is 5.95 Å². The molecule has 2 rings (SSSR count). The molecule has 1 fully saturated rings. The van der Waals surface area contributed by atoms with E-state index >= 15 is 0 Å². The second-order valence-electron chi connectivity index (χ2n) is 3.91. The van der Waals surface area contributed by atoms with E-state index in [4.69, 9.17) is 26.2 Å². The Hall–Kier alpha value is -2.27. The summed E-state index contributed by atoms with van der Waals surface area (Å²) in [6, 6.07) is 6.77. The lowest BCUT2D eigenvalue weighted by molar-refractivity contribution is -0.134. The molecule has 0 aliphatic carbocycles. The molecule has 1 saturated heterocycles. The Kier molecular flexibility index (Phi) is 4.42. The monoisotopic (exact) mass is 294 g/mol. The molecule has 1 aliphatic heterocycles. The fourth-order valence-electron chi connectivity index (χ4n) is 1.58. The molecule has 0 spiro atoms. The van der Waals surface area contributed by atoms with Crippen molar-refractivity contribution in [3.63, 3.8) is 0 Å². The summed E-state index contributed by atoms with van der Waals surface area (Å²) in [5, 5.41) is 9.63. The van der Waals surface area contributed by atoms with E-state index in [-0.39, 0.29) is 19.2 Å². The highest BCUT2D eigenvalue weighted by atomic mass is 35.5. The van der Waals surface area contributed by atoms with Gasteiger partial charge in [0.2, 0.25) is 0 Å². The Morgan fingerprint density at radius 3 is 2.30 bits per heavy atom. The zero-order valence-corrected chi connectivity index (χ0v) is 11.1. The van der Waals surface area contributed by atoms with Crippen LogP contribution in [0.2, 0.25) is 5.02 Å². The van der Waals surface area contributed by atoms with E-state index in [2.05, 4.69) is 0 Å². The number of carboxylic acid groups (broad SMARTS) is 1. The van der Waals surface area contributed by atoms with Crippen molar-refractivity contribution in [1.82, 2.24) is 0 Å². The van der Waals surface area contributed by atoms with Crippen LogP contribution in [0.25, 0.3) is 6.08 Å². The van der Waals surface area contributed by atoms with Crippen molar-refractivity contribution in [2.24, 2.45) is 0 Å². The quantitative estimate of drug-likeness (QED) is 0.524. The fraction of sp³-hybridized carbons (Fsp3) is 0.143. The van der Waals surface area contributed by atoms with Crippen molar-refractivity contribution in [2.75, 3.05) is 13.2 Å². The summed E-state index contributed by atoms with van der Waals surface area (Å²) in [4.78, 5) is 23.0. The largest absolute Gasteiger partial charge is 0.477 e. The number of aliphatic carboxylic acids is 1. The number of hydrogen-bond donors (Lipinski definition) is 1. The van der Waals surface area contributed by atoms with Gasteiger partial charge in [-0.2, -0.15) is 0 Å². The second kappa shape index (κ2) is 6.25. The number of allylic oxidation sites excluding steroid dienone is 1. The number of ether oxygens (including phenoxy) is 2. The fourth-order valence-corrected chi connectivity index (χ4v) is 1.70. The molecule has 104 valence electrons. The molecular weight excluding hydrogens is 284 g/mol. The Labute approximate surface area is 120 Å². The normalized spacial score (nSPS) is 13.9. The van der Waals surface area contributed by atoms with E-state index in [0.29, 0.717) is 5.02 Å². The molecule has 1 heterocycles. The van der Waals surface area contributed by atoms with Gasteiger partial charge < -0.3 is 14.6 Å². The molecule has 0 bridgehead atoms. The van der Waals surface area contributed by atoms with Crippen LogP contribution >= 0.6 is 11.6 Å². The highest BCUT2D eigenvalue weighted by Gasteiger charge is 2.26. The van der Waals surface area contributed by atoms with Crippen molar-refractivity contribution in [3.05, 3.63) is 52.4 Å². The third kappa shape index (κ3) is 3.39. The van der Waals surface area contributed by atoms with E-state index in [9.17, 15) is 9.59 Å². The average molecular weight is 295 g/mol. The van der Waals surface area contributed by atoms with Gasteiger partial charge in [0.15, 0.2) is 11.4 Å². The van der Waals surface area contributed by atoms with Crippen LogP contribution in [-0.4, -0.2) is 30.1 Å². The van der Waals surface area contributed by atoms with Crippen molar-refractivity contribution < 1.29 is 24.2 Å². The number of halogens is 1. The lowest BCUT2D eigenvalue weighted by atomic mass is 10.1. The van der Waals surface area contributed by atoms with Crippen molar-refractivity contribution in [2.45, 2.75) is 0 Å². The molecule has 20 heavy (non-hydrogen) atoms. The predicted octanol–water partition coefficient (Wildman–Crippen LogP) is 2.27. The molecule has 0 aromatic heterocycles. The van der Waals surface area contributed by atoms with Gasteiger partial charge in [-0.15, -0.1) is 0 Å². The highest BCUT2D eigenvalue weighted by Crippen LogP contribution is 2.16. The second-order valence-corrected chi connectivity index (χ2v) is 4.35. The number of carboxylic acids is 1. The van der Waals surface area contributed by atoms with E-state index in [1.165, 1.54) is 6.08 Å². The van der Waals surface area contributed by atoms with Crippen LogP contribution < -0.4 is 0 Å². The van der Waals surface area contributed by atoms with Crippen molar-refractivity contribution >= 4 is 29.4 Å². The summed E-state index contributed by atoms with van der Waals surface area (Å²) >= 11 is 5.74. The molecule has 0 amide bonds. The van der Waals surface area contributed by atoms with Crippen LogP contribution in [0.4, 0.5) is 0 Å². The van der Waals surface area contributed by atoms with Crippen LogP contribution in [0.5, 0.6) is 0 Å². The molecule has 0 saturated carbocycles. The molecule has 1 aromatic carbocycles. The standard InChI is InChI=1S/C14H11ClO5/c15-10-4-1-9(2-5-10)3-6-11(16)12(13(17)18)14-19-7-8-20-14/h1-6H,7-8H2,(H,17,18)/b6-3+. The minimum absolute atomic E-state index is 0.233. The zero-order valence-electron chi connectivity index (χ0n) is 10.3. The number of hydrogen-bond acceptors (Lipinski definition) is 4. The maximum Gasteiger partial charge on any atom is 0.347 e. The summed E-state index contributed by atoms with van der Waals surface area (Å²) in [5.41, 5.74) is 0.221. The summed E-state index contributed by atoms with van der Waals surface area (Å²) in [5.74, 6) is -2.31. The predicted molar refractivity (Wildman–Crippen MR) is 72.1 cm³/mol. The molecule has 0 atom stereocenters. The lowest BCUT2D eigenvalue weighted by Crippen LogP contribution is -2.13. The first kappa shape index (κ1) is 14.1. The number of carbonyl (C=O) groups is 2. The average Bonchev–Trinajstić information content (AvgIpc) is 2.91. The number of ketones is 1. The molecular formula is C14H11ClO5. The van der Waals surface area contributed by atoms with Crippen molar-refractivity contribution in [1.29, 1.82) is 0 Å². The number of benzene rings is 1. The third-order valence-corrected chi connectivity index (χ3v) is 2.76. The molecule has 6 heteroatoms. The van der Waals surface area contributed by atoms with E-state index in [1.54, 1.807) is 24.3 Å². The first-order valence-electron chi connectivity index (χ1n) is 5.79. The summed E-state index contributed by atoms with van der Waals surface area (Å²) in [6.45, 7) is 0.473. The van der Waals surface area contributed by atoms with Crippen LogP contribution in [0, 0.1) is 0 Å². The van der Waals surface area contributed by atoms with Gasteiger partial charge in [0.05, 0.1) is 0 Å². The Morgan fingerprint density at radius 2 is 1.75 bits per heavy atom. The van der Waals surface area contributed by atoms with Gasteiger partial charge in [-0.25, -0.2) is 4.79 Å². The molecule has 1 N–H and O–H groups in total. The maximum atomic E-state index is 11.9. The first-order chi connectivity index (χ1) is 9.58. The van der Waals surface area contributed by atoms with Crippen LogP contribution in [-0.2, 0) is 19.1 Å². The van der Waals surface area contributed by atoms with Gasteiger partial charge in [0.1, 0.15) is 13.2 Å². The summed E-state index contributed by atoms with van der Waals surface area (Å²) in [7, 11) is 0.